The standard InChI is InChI=1S/C13H17F3N2O2S/c1-18(10-6-7-10)9-8-17-21(19,20)12-5-3-2-4-11(12)13(14,15)16/h2-5,10,17H,6-9H2,1H3. The third kappa shape index (κ3) is 4.18. The molecular formula is C13H17F3N2O2S. The molecule has 8 heteroatoms. The van der Waals surface area contributed by atoms with E-state index < -0.39 is 26.7 Å². The highest BCUT2D eigenvalue weighted by atomic mass is 32.2. The third-order valence-electron chi connectivity index (χ3n) is 3.41. The summed E-state index contributed by atoms with van der Waals surface area (Å²) in [4.78, 5) is 1.27. The summed E-state index contributed by atoms with van der Waals surface area (Å²) in [5, 5.41) is 0. The van der Waals surface area contributed by atoms with Crippen LogP contribution in [-0.2, 0) is 16.2 Å². The molecule has 2 rings (SSSR count). The van der Waals surface area contributed by atoms with Gasteiger partial charge in [0.2, 0.25) is 10.0 Å². The van der Waals surface area contributed by atoms with Crippen LogP contribution >= 0.6 is 0 Å². The third-order valence-corrected chi connectivity index (χ3v) is 4.93. The molecule has 1 aromatic rings. The lowest BCUT2D eigenvalue weighted by Crippen LogP contribution is -2.34. The second kappa shape index (κ2) is 5.94. The Morgan fingerprint density at radius 2 is 1.90 bits per heavy atom. The van der Waals surface area contributed by atoms with Gasteiger partial charge in [0.1, 0.15) is 0 Å². The molecule has 118 valence electrons. The molecule has 0 bridgehead atoms. The predicted molar refractivity (Wildman–Crippen MR) is 72.3 cm³/mol. The van der Waals surface area contributed by atoms with Crippen molar-refractivity contribution >= 4 is 10.0 Å². The van der Waals surface area contributed by atoms with Crippen molar-refractivity contribution < 1.29 is 21.6 Å². The summed E-state index contributed by atoms with van der Waals surface area (Å²) < 4.78 is 64.8. The maximum atomic E-state index is 12.8. The van der Waals surface area contributed by atoms with Gasteiger partial charge in [-0.05, 0) is 32.0 Å². The molecular weight excluding hydrogens is 305 g/mol. The molecule has 1 aliphatic carbocycles. The van der Waals surface area contributed by atoms with Gasteiger partial charge in [-0.15, -0.1) is 0 Å². The monoisotopic (exact) mass is 322 g/mol. The number of sulfonamides is 1. The fourth-order valence-corrected chi connectivity index (χ4v) is 3.31. The van der Waals surface area contributed by atoms with Crippen LogP contribution in [0.3, 0.4) is 0 Å². The lowest BCUT2D eigenvalue weighted by atomic mass is 10.2. The van der Waals surface area contributed by atoms with Crippen LogP contribution in [0.2, 0.25) is 0 Å². The highest BCUT2D eigenvalue weighted by Crippen LogP contribution is 2.33. The summed E-state index contributed by atoms with van der Waals surface area (Å²) >= 11 is 0. The first-order valence-corrected chi connectivity index (χ1v) is 8.06. The van der Waals surface area contributed by atoms with Crippen molar-refractivity contribution in [2.24, 2.45) is 0 Å². The number of likely N-dealkylation sites (N-methyl/N-ethyl adjacent to an activating group) is 1. The molecule has 0 heterocycles. The van der Waals surface area contributed by atoms with Gasteiger partial charge in [-0.25, -0.2) is 13.1 Å². The van der Waals surface area contributed by atoms with E-state index >= 15 is 0 Å². The van der Waals surface area contributed by atoms with E-state index in [1.165, 1.54) is 12.1 Å². The second-order valence-electron chi connectivity index (χ2n) is 5.10. The fourth-order valence-electron chi connectivity index (χ4n) is 2.07. The smallest absolute Gasteiger partial charge is 0.302 e. The maximum Gasteiger partial charge on any atom is 0.417 e. The zero-order valence-corrected chi connectivity index (χ0v) is 12.3. The van der Waals surface area contributed by atoms with E-state index in [4.69, 9.17) is 0 Å². The van der Waals surface area contributed by atoms with E-state index in [9.17, 15) is 21.6 Å². The van der Waals surface area contributed by atoms with Gasteiger partial charge in [0.25, 0.3) is 0 Å². The number of nitrogens with zero attached hydrogens (tertiary/aromatic N) is 1. The van der Waals surface area contributed by atoms with Gasteiger partial charge in [0.15, 0.2) is 0 Å². The van der Waals surface area contributed by atoms with Crippen LogP contribution in [0.4, 0.5) is 13.2 Å². The van der Waals surface area contributed by atoms with E-state index in [0.717, 1.165) is 25.0 Å². The van der Waals surface area contributed by atoms with Gasteiger partial charge >= 0.3 is 6.18 Å². The van der Waals surface area contributed by atoms with Crippen LogP contribution < -0.4 is 4.72 Å². The SMILES string of the molecule is CN(CCNS(=O)(=O)c1ccccc1C(F)(F)F)C1CC1. The Balaban J connectivity index is 2.08. The molecule has 1 saturated carbocycles. The van der Waals surface area contributed by atoms with Crippen LogP contribution in [0.5, 0.6) is 0 Å². The quantitative estimate of drug-likeness (QED) is 0.872. The van der Waals surface area contributed by atoms with Crippen LogP contribution in [0.15, 0.2) is 29.2 Å². The lowest BCUT2D eigenvalue weighted by molar-refractivity contribution is -0.139. The van der Waals surface area contributed by atoms with E-state index in [-0.39, 0.29) is 6.54 Å². The lowest BCUT2D eigenvalue weighted by Gasteiger charge is -2.17. The summed E-state index contributed by atoms with van der Waals surface area (Å²) in [7, 11) is -2.30. The van der Waals surface area contributed by atoms with Crippen molar-refractivity contribution in [1.29, 1.82) is 0 Å². The Morgan fingerprint density at radius 1 is 1.29 bits per heavy atom. The van der Waals surface area contributed by atoms with Gasteiger partial charge in [-0.2, -0.15) is 13.2 Å². The van der Waals surface area contributed by atoms with E-state index in [1.54, 1.807) is 0 Å². The van der Waals surface area contributed by atoms with Gasteiger partial charge < -0.3 is 4.90 Å². The number of halogens is 3. The molecule has 0 amide bonds. The first-order chi connectivity index (χ1) is 9.72. The minimum absolute atomic E-state index is 0.0848. The average Bonchev–Trinajstić information content (AvgIpc) is 3.21. The molecule has 0 atom stereocenters. The average molecular weight is 322 g/mol. The molecule has 1 fully saturated rings. The Bertz CT molecular complexity index is 598. The number of hydrogen-bond acceptors (Lipinski definition) is 3. The topological polar surface area (TPSA) is 49.4 Å². The van der Waals surface area contributed by atoms with E-state index in [1.807, 2.05) is 11.9 Å². The predicted octanol–water partition coefficient (Wildman–Crippen LogP) is 2.08. The van der Waals surface area contributed by atoms with Crippen LogP contribution in [-0.4, -0.2) is 39.5 Å². The minimum Gasteiger partial charge on any atom is -0.302 e. The summed E-state index contributed by atoms with van der Waals surface area (Å²) in [6.07, 6.45) is -2.53. The van der Waals surface area contributed by atoms with Gasteiger partial charge in [-0.3, -0.25) is 0 Å². The highest BCUT2D eigenvalue weighted by molar-refractivity contribution is 7.89. The summed E-state index contributed by atoms with van der Waals surface area (Å²) in [5.74, 6) is 0. The molecule has 0 unspecified atom stereocenters. The zero-order chi connectivity index (χ0) is 15.7. The number of hydrogen-bond donors (Lipinski definition) is 1. The zero-order valence-electron chi connectivity index (χ0n) is 11.5. The van der Waals surface area contributed by atoms with Gasteiger partial charge in [-0.1, -0.05) is 12.1 Å². The maximum absolute atomic E-state index is 12.8. The Morgan fingerprint density at radius 3 is 2.48 bits per heavy atom. The van der Waals surface area contributed by atoms with E-state index in [2.05, 4.69) is 4.72 Å². The Kier molecular flexibility index (Phi) is 4.60. The van der Waals surface area contributed by atoms with E-state index in [0.29, 0.717) is 12.6 Å². The first kappa shape index (κ1) is 16.3. The van der Waals surface area contributed by atoms with Gasteiger partial charge in [0, 0.05) is 19.1 Å². The number of alkyl halides is 3. The molecule has 1 aliphatic rings. The largest absolute Gasteiger partial charge is 0.417 e. The Labute approximate surface area is 122 Å². The molecule has 0 aromatic heterocycles. The molecule has 0 saturated heterocycles. The molecule has 0 aliphatic heterocycles. The molecule has 1 N–H and O–H groups in total. The van der Waals surface area contributed by atoms with Crippen LogP contribution in [0.25, 0.3) is 0 Å². The summed E-state index contributed by atoms with van der Waals surface area (Å²) in [5.41, 5.74) is -1.15. The normalized spacial score (nSPS) is 16.4. The van der Waals surface area contributed by atoms with Gasteiger partial charge in [0.05, 0.1) is 10.5 Å². The van der Waals surface area contributed by atoms with Crippen LogP contribution in [0.1, 0.15) is 18.4 Å². The Hall–Kier alpha value is -1.12. The molecule has 0 radical (unpaired) electrons. The van der Waals surface area contributed by atoms with Crippen molar-refractivity contribution in [3.8, 4) is 0 Å². The number of benzene rings is 1. The molecule has 4 nitrogen and oxygen atoms in total. The van der Waals surface area contributed by atoms with Crippen molar-refractivity contribution in [2.75, 3.05) is 20.1 Å². The van der Waals surface area contributed by atoms with Crippen molar-refractivity contribution in [2.45, 2.75) is 30.0 Å². The van der Waals surface area contributed by atoms with Crippen molar-refractivity contribution in [1.82, 2.24) is 9.62 Å². The van der Waals surface area contributed by atoms with Crippen molar-refractivity contribution in [3.05, 3.63) is 29.8 Å². The number of rotatable bonds is 6. The highest BCUT2D eigenvalue weighted by Gasteiger charge is 2.36. The number of nitrogens with one attached hydrogen (secondary N) is 1. The summed E-state index contributed by atoms with van der Waals surface area (Å²) in [6, 6.07) is 4.65. The van der Waals surface area contributed by atoms with Crippen molar-refractivity contribution in [3.63, 3.8) is 0 Å². The van der Waals surface area contributed by atoms with Crippen LogP contribution in [0, 0.1) is 0 Å². The molecule has 1 aromatic carbocycles. The minimum atomic E-state index is -4.70. The molecule has 21 heavy (non-hydrogen) atoms. The molecule has 0 spiro atoms. The first-order valence-electron chi connectivity index (χ1n) is 6.58. The second-order valence-corrected chi connectivity index (χ2v) is 6.84. The summed E-state index contributed by atoms with van der Waals surface area (Å²) in [6.45, 7) is 0.555. The fraction of sp³-hybridized carbons (Fsp3) is 0.538.